The standard InChI is InChI=1S/C15H22N3O9/c16-9(2-5-12(22)23)14(26)18-10(3-6-13(24)25)15(27)17-8(7-19)1-4-11(20)21/h8-10H,1-6,16H2,(H,17,27)(H,18,26)(H,20,21)(H,22,23)(H,24,25)/t8-,9-,10-/m0/s1. The van der Waals surface area contributed by atoms with Crippen LogP contribution in [0.5, 0.6) is 0 Å². The van der Waals surface area contributed by atoms with Crippen molar-refractivity contribution in [2.45, 2.75) is 56.7 Å². The van der Waals surface area contributed by atoms with Gasteiger partial charge in [-0.05, 0) is 19.3 Å². The van der Waals surface area contributed by atoms with E-state index in [1.54, 1.807) is 0 Å². The molecule has 1 radical (unpaired) electrons. The lowest BCUT2D eigenvalue weighted by Gasteiger charge is -2.21. The number of carbonyl (C=O) groups excluding carboxylic acids is 3. The quantitative estimate of drug-likeness (QED) is 0.192. The van der Waals surface area contributed by atoms with Gasteiger partial charge in [0, 0.05) is 19.3 Å². The highest BCUT2D eigenvalue weighted by Crippen LogP contribution is 2.03. The third-order valence-electron chi connectivity index (χ3n) is 3.39. The molecule has 0 rings (SSSR count). The van der Waals surface area contributed by atoms with Crippen LogP contribution in [0, 0.1) is 0 Å². The summed E-state index contributed by atoms with van der Waals surface area (Å²) >= 11 is 0. The lowest BCUT2D eigenvalue weighted by molar-refractivity contribution is -0.139. The van der Waals surface area contributed by atoms with Gasteiger partial charge < -0.3 is 31.7 Å². The molecule has 0 aromatic heterocycles. The first-order valence-corrected chi connectivity index (χ1v) is 7.96. The zero-order valence-electron chi connectivity index (χ0n) is 14.3. The molecule has 0 spiro atoms. The van der Waals surface area contributed by atoms with Crippen LogP contribution in [-0.2, 0) is 28.8 Å². The van der Waals surface area contributed by atoms with E-state index in [1.165, 1.54) is 6.29 Å². The normalized spacial score (nSPS) is 13.7. The molecular formula is C15H22N3O9. The summed E-state index contributed by atoms with van der Waals surface area (Å²) in [6.45, 7) is 0. The molecule has 0 fully saturated rings. The Hall–Kier alpha value is -3.02. The van der Waals surface area contributed by atoms with Gasteiger partial charge in [-0.3, -0.25) is 28.8 Å². The van der Waals surface area contributed by atoms with E-state index in [1.807, 2.05) is 0 Å². The lowest BCUT2D eigenvalue weighted by atomic mass is 10.1. The third kappa shape index (κ3) is 11.3. The molecule has 3 atom stereocenters. The fourth-order valence-corrected chi connectivity index (χ4v) is 1.93. The van der Waals surface area contributed by atoms with Gasteiger partial charge in [-0.25, -0.2) is 0 Å². The van der Waals surface area contributed by atoms with E-state index >= 15 is 0 Å². The SMILES string of the molecule is N[C@@H](CCC(=O)O)C(=O)N[C@@H](CCC(=O)O)C(=O)N[C@H]([C]=O)CCC(=O)O. The first-order chi connectivity index (χ1) is 12.6. The smallest absolute Gasteiger partial charge is 0.303 e. The molecule has 0 aliphatic rings. The number of amides is 2. The number of carboxylic acids is 3. The van der Waals surface area contributed by atoms with Crippen molar-refractivity contribution in [3.05, 3.63) is 0 Å². The summed E-state index contributed by atoms with van der Waals surface area (Å²) in [6, 6.07) is -3.84. The van der Waals surface area contributed by atoms with Crippen molar-refractivity contribution in [1.29, 1.82) is 0 Å². The summed E-state index contributed by atoms with van der Waals surface area (Å²) in [7, 11) is 0. The number of carboxylic acid groups (broad SMARTS) is 3. The van der Waals surface area contributed by atoms with Crippen molar-refractivity contribution >= 4 is 36.0 Å². The molecule has 7 N–H and O–H groups in total. The predicted molar refractivity (Wildman–Crippen MR) is 88.1 cm³/mol. The second kappa shape index (κ2) is 12.4. The van der Waals surface area contributed by atoms with E-state index in [-0.39, 0.29) is 25.7 Å². The Bertz CT molecular complexity index is 579. The predicted octanol–water partition coefficient (Wildman–Crippen LogP) is -2.01. The van der Waals surface area contributed by atoms with Gasteiger partial charge in [0.1, 0.15) is 6.04 Å². The molecule has 0 aliphatic heterocycles. The van der Waals surface area contributed by atoms with Crippen LogP contribution >= 0.6 is 0 Å². The van der Waals surface area contributed by atoms with E-state index in [9.17, 15) is 28.8 Å². The van der Waals surface area contributed by atoms with Crippen LogP contribution < -0.4 is 16.4 Å². The summed E-state index contributed by atoms with van der Waals surface area (Å²) in [4.78, 5) is 66.8. The fraction of sp³-hybridized carbons (Fsp3) is 0.600. The first kappa shape index (κ1) is 24.0. The molecule has 0 aromatic carbocycles. The third-order valence-corrected chi connectivity index (χ3v) is 3.39. The molecule has 0 heterocycles. The van der Waals surface area contributed by atoms with Gasteiger partial charge >= 0.3 is 17.9 Å². The first-order valence-electron chi connectivity index (χ1n) is 7.96. The average Bonchev–Trinajstić information content (AvgIpc) is 2.58. The largest absolute Gasteiger partial charge is 0.481 e. The minimum atomic E-state index is -1.36. The van der Waals surface area contributed by atoms with Crippen LogP contribution in [0.15, 0.2) is 0 Å². The van der Waals surface area contributed by atoms with Crippen molar-refractivity contribution in [2.24, 2.45) is 5.73 Å². The monoisotopic (exact) mass is 388 g/mol. The fourth-order valence-electron chi connectivity index (χ4n) is 1.93. The Morgan fingerprint density at radius 3 is 1.74 bits per heavy atom. The van der Waals surface area contributed by atoms with E-state index < -0.39 is 60.7 Å². The van der Waals surface area contributed by atoms with Crippen LogP contribution in [-0.4, -0.2) is 69.5 Å². The number of hydrogen-bond acceptors (Lipinski definition) is 7. The van der Waals surface area contributed by atoms with Crippen molar-refractivity contribution in [3.63, 3.8) is 0 Å². The summed E-state index contributed by atoms with van der Waals surface area (Å²) < 4.78 is 0. The van der Waals surface area contributed by atoms with E-state index in [2.05, 4.69) is 10.6 Å². The molecule has 0 unspecified atom stereocenters. The van der Waals surface area contributed by atoms with E-state index in [0.29, 0.717) is 0 Å². The van der Waals surface area contributed by atoms with Crippen LogP contribution in [0.25, 0.3) is 0 Å². The molecule has 0 aliphatic carbocycles. The summed E-state index contributed by atoms with van der Waals surface area (Å²) in [6.07, 6.45) is -0.560. The maximum atomic E-state index is 12.2. The van der Waals surface area contributed by atoms with Gasteiger partial charge in [0.25, 0.3) is 0 Å². The van der Waals surface area contributed by atoms with Gasteiger partial charge in [-0.1, -0.05) is 0 Å². The Kier molecular flexibility index (Phi) is 11.0. The van der Waals surface area contributed by atoms with E-state index in [0.717, 1.165) is 0 Å². The second-order valence-corrected chi connectivity index (χ2v) is 5.64. The van der Waals surface area contributed by atoms with E-state index in [4.69, 9.17) is 21.1 Å². The molecule has 0 saturated heterocycles. The Morgan fingerprint density at radius 2 is 1.26 bits per heavy atom. The average molecular weight is 388 g/mol. The summed E-state index contributed by atoms with van der Waals surface area (Å²) in [5.41, 5.74) is 5.53. The highest BCUT2D eigenvalue weighted by atomic mass is 16.4. The molecule has 27 heavy (non-hydrogen) atoms. The van der Waals surface area contributed by atoms with Crippen LogP contribution in [0.3, 0.4) is 0 Å². The minimum Gasteiger partial charge on any atom is -0.481 e. The van der Waals surface area contributed by atoms with Crippen molar-refractivity contribution in [1.82, 2.24) is 10.6 Å². The van der Waals surface area contributed by atoms with Crippen molar-refractivity contribution in [3.8, 4) is 0 Å². The molecule has 12 nitrogen and oxygen atoms in total. The highest BCUT2D eigenvalue weighted by Gasteiger charge is 2.26. The molecule has 0 saturated carbocycles. The highest BCUT2D eigenvalue weighted by molar-refractivity contribution is 5.91. The molecule has 12 heteroatoms. The number of rotatable bonds is 14. The second-order valence-electron chi connectivity index (χ2n) is 5.64. The summed E-state index contributed by atoms with van der Waals surface area (Å²) in [5, 5.41) is 30.3. The molecule has 151 valence electrons. The number of carbonyl (C=O) groups is 5. The van der Waals surface area contributed by atoms with Gasteiger partial charge in [-0.2, -0.15) is 0 Å². The molecule has 2 amide bonds. The van der Waals surface area contributed by atoms with Crippen LogP contribution in [0.1, 0.15) is 38.5 Å². The van der Waals surface area contributed by atoms with Crippen LogP contribution in [0.2, 0.25) is 0 Å². The van der Waals surface area contributed by atoms with Crippen LogP contribution in [0.4, 0.5) is 0 Å². The van der Waals surface area contributed by atoms with Gasteiger partial charge in [-0.15, -0.1) is 0 Å². The van der Waals surface area contributed by atoms with Gasteiger partial charge in [0.2, 0.25) is 18.1 Å². The zero-order valence-corrected chi connectivity index (χ0v) is 14.3. The maximum absolute atomic E-state index is 12.2. The maximum Gasteiger partial charge on any atom is 0.303 e. The Morgan fingerprint density at radius 1 is 0.778 bits per heavy atom. The van der Waals surface area contributed by atoms with Gasteiger partial charge in [0.05, 0.1) is 12.1 Å². The zero-order chi connectivity index (χ0) is 21.0. The molecular weight excluding hydrogens is 366 g/mol. The van der Waals surface area contributed by atoms with Crippen molar-refractivity contribution in [2.75, 3.05) is 0 Å². The molecule has 0 aromatic rings. The summed E-state index contributed by atoms with van der Waals surface area (Å²) in [5.74, 6) is -5.36. The lowest BCUT2D eigenvalue weighted by Crippen LogP contribution is -2.53. The number of nitrogens with two attached hydrogens (primary N) is 1. The Balaban J connectivity index is 4.94. The van der Waals surface area contributed by atoms with Gasteiger partial charge in [0.15, 0.2) is 0 Å². The number of aliphatic carboxylic acids is 3. The Labute approximate surface area is 154 Å². The minimum absolute atomic E-state index is 0.197. The topological polar surface area (TPSA) is 213 Å². The number of hydrogen-bond donors (Lipinski definition) is 6. The number of nitrogens with one attached hydrogen (secondary N) is 2. The van der Waals surface area contributed by atoms with Crippen molar-refractivity contribution < 1.29 is 44.1 Å². The molecule has 0 bridgehead atoms.